The van der Waals surface area contributed by atoms with Crippen molar-refractivity contribution in [2.45, 2.75) is 18.3 Å². The summed E-state index contributed by atoms with van der Waals surface area (Å²) in [6.45, 7) is 0.325. The highest BCUT2D eigenvalue weighted by atomic mass is 19.1. The quantitative estimate of drug-likeness (QED) is 0.942. The van der Waals surface area contributed by atoms with Crippen molar-refractivity contribution >= 4 is 5.97 Å². The lowest BCUT2D eigenvalue weighted by Gasteiger charge is -2.35. The summed E-state index contributed by atoms with van der Waals surface area (Å²) in [5.41, 5.74) is 0.0896. The molecule has 4 nitrogen and oxygen atoms in total. The van der Waals surface area contributed by atoms with Crippen molar-refractivity contribution in [1.29, 1.82) is 0 Å². The highest BCUT2D eigenvalue weighted by Crippen LogP contribution is 2.41. The second-order valence-corrected chi connectivity index (χ2v) is 5.17. The van der Waals surface area contributed by atoms with E-state index in [1.165, 1.54) is 12.3 Å². The number of hydrogen-bond donors (Lipinski definition) is 1. The Morgan fingerprint density at radius 1 is 1.38 bits per heavy atom. The number of benzene rings is 1. The number of pyridine rings is 1. The number of aromatic nitrogens is 1. The third kappa shape index (κ3) is 2.35. The van der Waals surface area contributed by atoms with E-state index in [0.29, 0.717) is 29.9 Å². The van der Waals surface area contributed by atoms with Crippen LogP contribution in [-0.4, -0.2) is 22.7 Å². The summed E-state index contributed by atoms with van der Waals surface area (Å²) in [5, 5.41) is 9.80. The molecule has 0 amide bonds. The van der Waals surface area contributed by atoms with Crippen LogP contribution in [0.25, 0.3) is 0 Å². The maximum absolute atomic E-state index is 13.3. The normalized spacial score (nSPS) is 20.4. The summed E-state index contributed by atoms with van der Waals surface area (Å²) >= 11 is 0. The van der Waals surface area contributed by atoms with Crippen molar-refractivity contribution < 1.29 is 19.0 Å². The van der Waals surface area contributed by atoms with E-state index in [0.717, 1.165) is 6.20 Å². The number of fused-ring (bicyclic) bond motifs is 1. The lowest BCUT2D eigenvalue weighted by atomic mass is 9.72. The average Bonchev–Trinajstić information content (AvgIpc) is 2.47. The molecule has 2 aromatic rings. The van der Waals surface area contributed by atoms with Crippen LogP contribution in [0.3, 0.4) is 0 Å². The Balaban J connectivity index is 2.08. The van der Waals surface area contributed by atoms with Gasteiger partial charge in [0.25, 0.3) is 0 Å². The molecular formula is C16H14FNO3. The Labute approximate surface area is 121 Å². The molecule has 1 aromatic carbocycles. The minimum Gasteiger partial charge on any atom is -0.493 e. The first-order chi connectivity index (χ1) is 10.1. The predicted octanol–water partition coefficient (Wildman–Crippen LogP) is 2.57. The molecule has 1 unspecified atom stereocenters. The minimum atomic E-state index is -1.11. The van der Waals surface area contributed by atoms with Gasteiger partial charge in [0.2, 0.25) is 0 Å². The molecular weight excluding hydrogens is 273 g/mol. The molecule has 0 fully saturated rings. The molecule has 0 saturated heterocycles. The van der Waals surface area contributed by atoms with Crippen molar-refractivity contribution in [2.24, 2.45) is 0 Å². The smallest absolute Gasteiger partial charge is 0.314 e. The van der Waals surface area contributed by atoms with Crippen LogP contribution in [0.2, 0.25) is 0 Å². The van der Waals surface area contributed by atoms with E-state index in [4.69, 9.17) is 4.74 Å². The number of aliphatic carboxylic acids is 1. The predicted molar refractivity (Wildman–Crippen MR) is 73.8 cm³/mol. The average molecular weight is 287 g/mol. The highest BCUT2D eigenvalue weighted by Gasteiger charge is 2.44. The third-order valence-corrected chi connectivity index (χ3v) is 3.87. The Kier molecular flexibility index (Phi) is 3.33. The van der Waals surface area contributed by atoms with Crippen LogP contribution in [-0.2, 0) is 16.6 Å². The molecule has 5 heteroatoms. The summed E-state index contributed by atoms with van der Waals surface area (Å²) in [6.07, 6.45) is 3.14. The van der Waals surface area contributed by atoms with Crippen LogP contribution >= 0.6 is 0 Å². The summed E-state index contributed by atoms with van der Waals surface area (Å²) in [7, 11) is 0. The third-order valence-electron chi connectivity index (χ3n) is 3.87. The van der Waals surface area contributed by atoms with Crippen molar-refractivity contribution in [3.63, 3.8) is 0 Å². The summed E-state index contributed by atoms with van der Waals surface area (Å²) < 4.78 is 18.8. The zero-order valence-electron chi connectivity index (χ0n) is 11.3. The number of ether oxygens (including phenoxy) is 1. The van der Waals surface area contributed by atoms with E-state index in [-0.39, 0.29) is 6.42 Å². The number of hydrogen-bond acceptors (Lipinski definition) is 3. The number of para-hydroxylation sites is 1. The van der Waals surface area contributed by atoms with E-state index in [2.05, 4.69) is 4.98 Å². The van der Waals surface area contributed by atoms with Crippen LogP contribution in [0.1, 0.15) is 17.5 Å². The van der Waals surface area contributed by atoms with Gasteiger partial charge in [-0.3, -0.25) is 9.78 Å². The fourth-order valence-electron chi connectivity index (χ4n) is 2.84. The van der Waals surface area contributed by atoms with Gasteiger partial charge >= 0.3 is 5.97 Å². The standard InChI is InChI=1S/C16H14FNO3/c17-12-7-11(9-18-10-12)8-16(15(19)20)5-6-21-14-4-2-1-3-13(14)16/h1-4,7,9-10H,5-6,8H2,(H,19,20). The lowest BCUT2D eigenvalue weighted by molar-refractivity contribution is -0.145. The van der Waals surface area contributed by atoms with Crippen molar-refractivity contribution in [2.75, 3.05) is 6.61 Å². The molecule has 2 heterocycles. The second kappa shape index (κ2) is 5.16. The van der Waals surface area contributed by atoms with Gasteiger partial charge in [0, 0.05) is 18.2 Å². The van der Waals surface area contributed by atoms with Crippen molar-refractivity contribution in [1.82, 2.24) is 4.98 Å². The van der Waals surface area contributed by atoms with E-state index in [1.54, 1.807) is 24.3 Å². The number of nitrogens with zero attached hydrogens (tertiary/aromatic N) is 1. The van der Waals surface area contributed by atoms with Crippen molar-refractivity contribution in [3.8, 4) is 5.75 Å². The minimum absolute atomic E-state index is 0.188. The molecule has 108 valence electrons. The first-order valence-corrected chi connectivity index (χ1v) is 6.67. The van der Waals surface area contributed by atoms with Crippen LogP contribution in [0.15, 0.2) is 42.7 Å². The van der Waals surface area contributed by atoms with E-state index in [9.17, 15) is 14.3 Å². The van der Waals surface area contributed by atoms with Crippen LogP contribution in [0.4, 0.5) is 4.39 Å². The maximum Gasteiger partial charge on any atom is 0.314 e. The molecule has 0 bridgehead atoms. The van der Waals surface area contributed by atoms with E-state index >= 15 is 0 Å². The van der Waals surface area contributed by atoms with E-state index < -0.39 is 17.2 Å². The molecule has 1 aliphatic heterocycles. The fraction of sp³-hybridized carbons (Fsp3) is 0.250. The fourth-order valence-corrected chi connectivity index (χ4v) is 2.84. The molecule has 0 saturated carbocycles. The number of halogens is 1. The molecule has 21 heavy (non-hydrogen) atoms. The topological polar surface area (TPSA) is 59.4 Å². The first-order valence-electron chi connectivity index (χ1n) is 6.67. The monoisotopic (exact) mass is 287 g/mol. The molecule has 0 aliphatic carbocycles. The number of carbonyl (C=O) groups is 1. The van der Waals surface area contributed by atoms with Gasteiger partial charge in [0.05, 0.1) is 12.8 Å². The van der Waals surface area contributed by atoms with Gasteiger partial charge in [-0.05, 0) is 24.1 Å². The lowest BCUT2D eigenvalue weighted by Crippen LogP contribution is -2.42. The van der Waals surface area contributed by atoms with Gasteiger partial charge in [-0.15, -0.1) is 0 Å². The van der Waals surface area contributed by atoms with Crippen LogP contribution < -0.4 is 4.74 Å². The molecule has 1 atom stereocenters. The van der Waals surface area contributed by atoms with Gasteiger partial charge in [0.15, 0.2) is 0 Å². The van der Waals surface area contributed by atoms with Gasteiger partial charge in [0.1, 0.15) is 17.0 Å². The zero-order chi connectivity index (χ0) is 14.9. The van der Waals surface area contributed by atoms with Gasteiger partial charge in [-0.1, -0.05) is 18.2 Å². The van der Waals surface area contributed by atoms with Crippen LogP contribution in [0.5, 0.6) is 5.75 Å². The zero-order valence-corrected chi connectivity index (χ0v) is 11.3. The van der Waals surface area contributed by atoms with Gasteiger partial charge < -0.3 is 9.84 Å². The van der Waals surface area contributed by atoms with Crippen molar-refractivity contribution in [3.05, 3.63) is 59.7 Å². The molecule has 1 aliphatic rings. The number of carboxylic acids is 1. The van der Waals surface area contributed by atoms with Gasteiger partial charge in [-0.25, -0.2) is 4.39 Å². The summed E-state index contributed by atoms with van der Waals surface area (Å²) in [6, 6.07) is 8.44. The van der Waals surface area contributed by atoms with E-state index in [1.807, 2.05) is 0 Å². The summed E-state index contributed by atoms with van der Waals surface area (Å²) in [4.78, 5) is 15.8. The SMILES string of the molecule is O=C(O)C1(Cc2cncc(F)c2)CCOc2ccccc21. The maximum atomic E-state index is 13.3. The second-order valence-electron chi connectivity index (χ2n) is 5.17. The number of carboxylic acid groups (broad SMARTS) is 1. The highest BCUT2D eigenvalue weighted by molar-refractivity contribution is 5.83. The Morgan fingerprint density at radius 2 is 2.19 bits per heavy atom. The molecule has 3 rings (SSSR count). The van der Waals surface area contributed by atoms with Crippen LogP contribution in [0, 0.1) is 5.82 Å². The number of rotatable bonds is 3. The Hall–Kier alpha value is -2.43. The molecule has 1 aromatic heterocycles. The largest absolute Gasteiger partial charge is 0.493 e. The Bertz CT molecular complexity index is 689. The molecule has 1 N–H and O–H groups in total. The molecule has 0 spiro atoms. The van der Waals surface area contributed by atoms with Gasteiger partial charge in [-0.2, -0.15) is 0 Å². The molecule has 0 radical (unpaired) electrons. The summed E-state index contributed by atoms with van der Waals surface area (Å²) in [5.74, 6) is -0.814. The Morgan fingerprint density at radius 3 is 2.95 bits per heavy atom. The first kappa shape index (κ1) is 13.5.